The molecule has 1 atom stereocenters. The molecule has 1 saturated carbocycles. The third kappa shape index (κ3) is 3.65. The van der Waals surface area contributed by atoms with E-state index in [1.807, 2.05) is 13.2 Å². The van der Waals surface area contributed by atoms with Crippen LogP contribution in [0.1, 0.15) is 38.2 Å². The molecule has 1 spiro atoms. The van der Waals surface area contributed by atoms with Crippen molar-refractivity contribution in [2.24, 2.45) is 10.4 Å². The van der Waals surface area contributed by atoms with Crippen LogP contribution < -0.4 is 10.2 Å². The molecule has 2 saturated heterocycles. The summed E-state index contributed by atoms with van der Waals surface area (Å²) >= 11 is 0. The van der Waals surface area contributed by atoms with E-state index < -0.39 is 0 Å². The highest BCUT2D eigenvalue weighted by molar-refractivity contribution is 5.80. The molecule has 0 bridgehead atoms. The van der Waals surface area contributed by atoms with Crippen LogP contribution in [0.4, 0.5) is 5.82 Å². The summed E-state index contributed by atoms with van der Waals surface area (Å²) in [7, 11) is 1.88. The number of morpholine rings is 1. The van der Waals surface area contributed by atoms with Gasteiger partial charge in [-0.15, -0.1) is 0 Å². The smallest absolute Gasteiger partial charge is 0.193 e. The van der Waals surface area contributed by atoms with Crippen LogP contribution in [0.25, 0.3) is 0 Å². The van der Waals surface area contributed by atoms with Gasteiger partial charge >= 0.3 is 0 Å². The number of hydrogen-bond donors (Lipinski definition) is 1. The number of rotatable bonds is 3. The van der Waals surface area contributed by atoms with Gasteiger partial charge in [0.05, 0.1) is 12.7 Å². The molecule has 0 radical (unpaired) electrons. The first kappa shape index (κ1) is 17.6. The standard InChI is InChI=1S/C20H31N5O/c1-16-14-24(10-11-26-16)18-5-4-17(12-22-18)13-23-19(21-2)25-9-8-20(15-25)6-3-7-20/h4-5,12,16H,3,6-11,13-15H2,1-2H3,(H,21,23). The lowest BCUT2D eigenvalue weighted by Crippen LogP contribution is -2.42. The quantitative estimate of drug-likeness (QED) is 0.664. The minimum Gasteiger partial charge on any atom is -0.375 e. The van der Waals surface area contributed by atoms with Gasteiger partial charge in [-0.2, -0.15) is 0 Å². The van der Waals surface area contributed by atoms with Gasteiger partial charge < -0.3 is 19.9 Å². The second-order valence-electron chi connectivity index (χ2n) is 8.08. The highest BCUT2D eigenvalue weighted by atomic mass is 16.5. The van der Waals surface area contributed by atoms with Crippen LogP contribution in [0.15, 0.2) is 23.3 Å². The monoisotopic (exact) mass is 357 g/mol. The summed E-state index contributed by atoms with van der Waals surface area (Å²) in [4.78, 5) is 13.9. The Morgan fingerprint density at radius 3 is 2.85 bits per heavy atom. The molecule has 1 aromatic heterocycles. The molecule has 1 N–H and O–H groups in total. The predicted octanol–water partition coefficient (Wildman–Crippen LogP) is 2.26. The summed E-state index contributed by atoms with van der Waals surface area (Å²) < 4.78 is 5.61. The van der Waals surface area contributed by atoms with Crippen molar-refractivity contribution in [3.8, 4) is 0 Å². The van der Waals surface area contributed by atoms with Crippen LogP contribution in [0.2, 0.25) is 0 Å². The fraction of sp³-hybridized carbons (Fsp3) is 0.700. The average molecular weight is 358 g/mol. The van der Waals surface area contributed by atoms with Gasteiger partial charge in [-0.05, 0) is 43.2 Å². The number of nitrogens with one attached hydrogen (secondary N) is 1. The molecule has 0 aromatic carbocycles. The first-order valence-electron chi connectivity index (χ1n) is 9.95. The van der Waals surface area contributed by atoms with Crippen LogP contribution in [0.5, 0.6) is 0 Å². The second-order valence-corrected chi connectivity index (χ2v) is 8.08. The van der Waals surface area contributed by atoms with Crippen molar-refractivity contribution in [1.82, 2.24) is 15.2 Å². The molecule has 3 aliphatic rings. The van der Waals surface area contributed by atoms with E-state index in [1.54, 1.807) is 0 Å². The van der Waals surface area contributed by atoms with Gasteiger partial charge in [0.1, 0.15) is 5.82 Å². The molecule has 4 rings (SSSR count). The van der Waals surface area contributed by atoms with Crippen LogP contribution in [0, 0.1) is 5.41 Å². The molecule has 3 fully saturated rings. The Morgan fingerprint density at radius 2 is 2.23 bits per heavy atom. The summed E-state index contributed by atoms with van der Waals surface area (Å²) in [6.45, 7) is 7.78. The largest absolute Gasteiger partial charge is 0.375 e. The fourth-order valence-corrected chi connectivity index (χ4v) is 4.45. The fourth-order valence-electron chi connectivity index (χ4n) is 4.45. The van der Waals surface area contributed by atoms with Gasteiger partial charge in [0.2, 0.25) is 0 Å². The maximum atomic E-state index is 5.61. The topological polar surface area (TPSA) is 53.0 Å². The van der Waals surface area contributed by atoms with Crippen LogP contribution in [0.3, 0.4) is 0 Å². The third-order valence-corrected chi connectivity index (χ3v) is 6.19. The van der Waals surface area contributed by atoms with E-state index in [1.165, 1.54) is 37.8 Å². The molecule has 2 aliphatic heterocycles. The van der Waals surface area contributed by atoms with Gasteiger partial charge in [0, 0.05) is 46.0 Å². The maximum Gasteiger partial charge on any atom is 0.193 e. The normalized spacial score (nSPS) is 25.5. The van der Waals surface area contributed by atoms with Crippen molar-refractivity contribution < 1.29 is 4.74 Å². The molecular weight excluding hydrogens is 326 g/mol. The minimum absolute atomic E-state index is 0.273. The van der Waals surface area contributed by atoms with E-state index in [9.17, 15) is 0 Å². The first-order valence-corrected chi connectivity index (χ1v) is 9.95. The molecule has 142 valence electrons. The SMILES string of the molecule is CN=C(NCc1ccc(N2CCOC(C)C2)nc1)N1CCC2(CCC2)C1. The first-order chi connectivity index (χ1) is 12.7. The Kier molecular flexibility index (Phi) is 5.02. The zero-order valence-electron chi connectivity index (χ0n) is 16.1. The number of aromatic nitrogens is 1. The summed E-state index contributed by atoms with van der Waals surface area (Å²) in [5.74, 6) is 2.07. The van der Waals surface area contributed by atoms with Crippen LogP contribution >= 0.6 is 0 Å². The van der Waals surface area contributed by atoms with Crippen molar-refractivity contribution in [3.63, 3.8) is 0 Å². The van der Waals surface area contributed by atoms with Crippen LogP contribution in [-0.4, -0.2) is 61.8 Å². The van der Waals surface area contributed by atoms with E-state index in [0.717, 1.165) is 44.6 Å². The zero-order valence-corrected chi connectivity index (χ0v) is 16.1. The molecule has 6 nitrogen and oxygen atoms in total. The van der Waals surface area contributed by atoms with E-state index in [2.05, 4.69) is 44.1 Å². The molecule has 6 heteroatoms. The molecule has 1 aromatic rings. The Bertz CT molecular complexity index is 640. The molecule has 3 heterocycles. The third-order valence-electron chi connectivity index (χ3n) is 6.19. The van der Waals surface area contributed by atoms with Gasteiger partial charge in [-0.3, -0.25) is 4.99 Å². The molecule has 1 unspecified atom stereocenters. The number of hydrogen-bond acceptors (Lipinski definition) is 4. The van der Waals surface area contributed by atoms with Crippen LogP contribution in [-0.2, 0) is 11.3 Å². The number of aliphatic imine (C=N–C) groups is 1. The van der Waals surface area contributed by atoms with Crippen molar-refractivity contribution in [2.75, 3.05) is 44.7 Å². The Labute approximate surface area is 156 Å². The summed E-state index contributed by atoms with van der Waals surface area (Å²) in [5, 5.41) is 3.52. The number of anilines is 1. The number of likely N-dealkylation sites (tertiary alicyclic amines) is 1. The average Bonchev–Trinajstić information content (AvgIpc) is 3.09. The number of guanidine groups is 1. The lowest BCUT2D eigenvalue weighted by molar-refractivity contribution is 0.0529. The summed E-state index contributed by atoms with van der Waals surface area (Å²) in [6.07, 6.45) is 7.77. The highest BCUT2D eigenvalue weighted by Crippen LogP contribution is 2.47. The number of pyridine rings is 1. The maximum absolute atomic E-state index is 5.61. The van der Waals surface area contributed by atoms with Crippen molar-refractivity contribution in [3.05, 3.63) is 23.9 Å². The lowest BCUT2D eigenvalue weighted by atomic mass is 9.68. The zero-order chi connectivity index (χ0) is 18.0. The number of nitrogens with zero attached hydrogens (tertiary/aromatic N) is 4. The highest BCUT2D eigenvalue weighted by Gasteiger charge is 2.43. The second kappa shape index (κ2) is 7.43. The summed E-state index contributed by atoms with van der Waals surface area (Å²) in [5.41, 5.74) is 1.78. The van der Waals surface area contributed by atoms with E-state index in [4.69, 9.17) is 4.74 Å². The van der Waals surface area contributed by atoms with E-state index in [-0.39, 0.29) is 6.10 Å². The van der Waals surface area contributed by atoms with E-state index >= 15 is 0 Å². The molecule has 26 heavy (non-hydrogen) atoms. The lowest BCUT2D eigenvalue weighted by Gasteiger charge is -2.38. The Hall–Kier alpha value is -1.82. The van der Waals surface area contributed by atoms with Crippen molar-refractivity contribution >= 4 is 11.8 Å². The van der Waals surface area contributed by atoms with Crippen molar-refractivity contribution in [1.29, 1.82) is 0 Å². The predicted molar refractivity (Wildman–Crippen MR) is 105 cm³/mol. The van der Waals surface area contributed by atoms with E-state index in [0.29, 0.717) is 5.41 Å². The van der Waals surface area contributed by atoms with Gasteiger partial charge in [-0.25, -0.2) is 4.98 Å². The van der Waals surface area contributed by atoms with Gasteiger partial charge in [0.25, 0.3) is 0 Å². The molecular formula is C20H31N5O. The van der Waals surface area contributed by atoms with Crippen molar-refractivity contribution in [2.45, 2.75) is 45.3 Å². The Morgan fingerprint density at radius 1 is 1.35 bits per heavy atom. The minimum atomic E-state index is 0.273. The summed E-state index contributed by atoms with van der Waals surface area (Å²) in [6, 6.07) is 4.29. The number of ether oxygens (including phenoxy) is 1. The Balaban J connectivity index is 1.31. The molecule has 0 amide bonds. The molecule has 1 aliphatic carbocycles. The van der Waals surface area contributed by atoms with Gasteiger partial charge in [-0.1, -0.05) is 12.5 Å². The van der Waals surface area contributed by atoms with Gasteiger partial charge in [0.15, 0.2) is 5.96 Å².